The highest BCUT2D eigenvalue weighted by Gasteiger charge is 2.27. The van der Waals surface area contributed by atoms with Gasteiger partial charge in [0.25, 0.3) is 0 Å². The van der Waals surface area contributed by atoms with Crippen molar-refractivity contribution in [2.24, 2.45) is 5.73 Å². The third-order valence-corrected chi connectivity index (χ3v) is 5.19. The van der Waals surface area contributed by atoms with Gasteiger partial charge < -0.3 is 15.6 Å². The Labute approximate surface area is 145 Å². The van der Waals surface area contributed by atoms with Crippen LogP contribution in [0.1, 0.15) is 24.0 Å². The van der Waals surface area contributed by atoms with Gasteiger partial charge in [0.2, 0.25) is 0 Å². The molecule has 5 heteroatoms. The average molecular weight is 333 g/mol. The summed E-state index contributed by atoms with van der Waals surface area (Å²) in [6.07, 6.45) is 2.85. The van der Waals surface area contributed by atoms with E-state index in [0.29, 0.717) is 12.6 Å². The van der Waals surface area contributed by atoms with Crippen LogP contribution in [-0.4, -0.2) is 73.0 Å². The van der Waals surface area contributed by atoms with Crippen LogP contribution in [0.15, 0.2) is 24.3 Å². The van der Waals surface area contributed by atoms with Crippen molar-refractivity contribution in [3.05, 3.63) is 35.4 Å². The molecule has 1 aromatic carbocycles. The molecule has 1 atom stereocenters. The first-order valence-corrected chi connectivity index (χ1v) is 9.24. The molecule has 0 aromatic heterocycles. The summed E-state index contributed by atoms with van der Waals surface area (Å²) in [5.74, 6) is 0. The maximum absolute atomic E-state index is 10.4. The molecular formula is C19H31N3O2. The molecule has 134 valence electrons. The molecule has 2 heterocycles. The van der Waals surface area contributed by atoms with Crippen LogP contribution >= 0.6 is 0 Å². The minimum atomic E-state index is -0.271. The van der Waals surface area contributed by atoms with E-state index < -0.39 is 0 Å². The lowest BCUT2D eigenvalue weighted by Crippen LogP contribution is -2.43. The lowest BCUT2D eigenvalue weighted by atomic mass is 10.1. The fourth-order valence-corrected chi connectivity index (χ4v) is 3.84. The summed E-state index contributed by atoms with van der Waals surface area (Å²) < 4.78 is 5.47. The first-order chi connectivity index (χ1) is 11.7. The minimum absolute atomic E-state index is 0.271. The number of ether oxygens (including phenoxy) is 1. The molecule has 5 nitrogen and oxygen atoms in total. The van der Waals surface area contributed by atoms with Crippen LogP contribution in [0.5, 0.6) is 0 Å². The molecule has 2 aliphatic rings. The first kappa shape index (κ1) is 17.8. The van der Waals surface area contributed by atoms with Crippen LogP contribution in [-0.2, 0) is 17.7 Å². The van der Waals surface area contributed by atoms with Gasteiger partial charge in [0.1, 0.15) is 0 Å². The monoisotopic (exact) mass is 333 g/mol. The van der Waals surface area contributed by atoms with Crippen molar-refractivity contribution >= 4 is 0 Å². The molecule has 0 aliphatic carbocycles. The Morgan fingerprint density at radius 2 is 1.75 bits per heavy atom. The fraction of sp³-hybridized carbons (Fsp3) is 0.684. The largest absolute Gasteiger partial charge is 0.390 e. The Kier molecular flexibility index (Phi) is 6.63. The van der Waals surface area contributed by atoms with Gasteiger partial charge in [-0.3, -0.25) is 9.80 Å². The quantitative estimate of drug-likeness (QED) is 0.836. The Morgan fingerprint density at radius 3 is 2.46 bits per heavy atom. The number of benzene rings is 1. The van der Waals surface area contributed by atoms with E-state index in [2.05, 4.69) is 34.1 Å². The molecule has 0 spiro atoms. The van der Waals surface area contributed by atoms with E-state index in [1.165, 1.54) is 11.1 Å². The Hall–Kier alpha value is -0.980. The van der Waals surface area contributed by atoms with Crippen molar-refractivity contribution in [1.82, 2.24) is 9.80 Å². The summed E-state index contributed by atoms with van der Waals surface area (Å²) in [5.41, 5.74) is 8.21. The highest BCUT2D eigenvalue weighted by Crippen LogP contribution is 2.18. The summed E-state index contributed by atoms with van der Waals surface area (Å²) in [6.45, 7) is 6.90. The third kappa shape index (κ3) is 5.01. The normalized spacial score (nSPS) is 24.8. The van der Waals surface area contributed by atoms with Crippen molar-refractivity contribution < 1.29 is 9.84 Å². The molecule has 0 radical (unpaired) electrons. The zero-order valence-electron chi connectivity index (χ0n) is 14.6. The SMILES string of the molecule is NCCc1ccc(CN2CCN(C3CCOCC3)CC(O)C2)cc1. The maximum Gasteiger partial charge on any atom is 0.0794 e. The molecule has 0 bridgehead atoms. The number of aliphatic hydroxyl groups is 1. The molecule has 1 aromatic rings. The van der Waals surface area contributed by atoms with Gasteiger partial charge in [0, 0.05) is 52.0 Å². The van der Waals surface area contributed by atoms with E-state index in [9.17, 15) is 5.11 Å². The maximum atomic E-state index is 10.4. The molecule has 24 heavy (non-hydrogen) atoms. The average Bonchev–Trinajstić information content (AvgIpc) is 2.79. The second-order valence-electron chi connectivity index (χ2n) is 7.08. The van der Waals surface area contributed by atoms with Crippen molar-refractivity contribution in [2.75, 3.05) is 45.9 Å². The van der Waals surface area contributed by atoms with Crippen molar-refractivity contribution in [2.45, 2.75) is 38.0 Å². The molecule has 3 N–H and O–H groups in total. The van der Waals surface area contributed by atoms with Crippen molar-refractivity contribution in [3.63, 3.8) is 0 Å². The number of β-amino-alcohol motifs (C(OH)–C–C–N with tert-alkyl or cyclic N) is 1. The van der Waals surface area contributed by atoms with Crippen LogP contribution in [0.25, 0.3) is 0 Å². The van der Waals surface area contributed by atoms with Gasteiger partial charge in [-0.05, 0) is 36.9 Å². The second-order valence-corrected chi connectivity index (χ2v) is 7.08. The van der Waals surface area contributed by atoms with E-state index in [4.69, 9.17) is 10.5 Å². The van der Waals surface area contributed by atoms with Crippen LogP contribution in [0.3, 0.4) is 0 Å². The van der Waals surface area contributed by atoms with Crippen molar-refractivity contribution in [1.29, 1.82) is 0 Å². The zero-order chi connectivity index (χ0) is 16.8. The zero-order valence-corrected chi connectivity index (χ0v) is 14.6. The number of hydrogen-bond donors (Lipinski definition) is 2. The summed E-state index contributed by atoms with van der Waals surface area (Å²) in [5, 5.41) is 10.4. The molecule has 2 fully saturated rings. The number of aliphatic hydroxyl groups excluding tert-OH is 1. The van der Waals surface area contributed by atoms with Gasteiger partial charge in [0.05, 0.1) is 6.10 Å². The predicted molar refractivity (Wildman–Crippen MR) is 95.9 cm³/mol. The van der Waals surface area contributed by atoms with Crippen molar-refractivity contribution in [3.8, 4) is 0 Å². The van der Waals surface area contributed by atoms with Gasteiger partial charge in [0.15, 0.2) is 0 Å². The molecule has 2 aliphatic heterocycles. The van der Waals surface area contributed by atoms with E-state index in [1.807, 2.05) is 0 Å². The second kappa shape index (κ2) is 8.92. The Morgan fingerprint density at radius 1 is 1.04 bits per heavy atom. The van der Waals surface area contributed by atoms with Crippen LogP contribution < -0.4 is 5.73 Å². The summed E-state index contributed by atoms with van der Waals surface area (Å²) in [7, 11) is 0. The van der Waals surface area contributed by atoms with Gasteiger partial charge in [-0.1, -0.05) is 24.3 Å². The highest BCUT2D eigenvalue weighted by molar-refractivity contribution is 5.22. The molecule has 0 saturated carbocycles. The topological polar surface area (TPSA) is 62.0 Å². The van der Waals surface area contributed by atoms with Crippen LogP contribution in [0.2, 0.25) is 0 Å². The smallest absolute Gasteiger partial charge is 0.0794 e. The molecule has 2 saturated heterocycles. The predicted octanol–water partition coefficient (Wildman–Crippen LogP) is 0.845. The number of nitrogens with two attached hydrogens (primary N) is 1. The fourth-order valence-electron chi connectivity index (χ4n) is 3.84. The lowest BCUT2D eigenvalue weighted by Gasteiger charge is -2.33. The van der Waals surface area contributed by atoms with Gasteiger partial charge >= 0.3 is 0 Å². The summed E-state index contributed by atoms with van der Waals surface area (Å²) >= 11 is 0. The molecule has 0 amide bonds. The minimum Gasteiger partial charge on any atom is -0.390 e. The molecule has 1 unspecified atom stereocenters. The first-order valence-electron chi connectivity index (χ1n) is 9.24. The standard InChI is InChI=1S/C19H31N3O2/c20-8-5-16-1-3-17(4-2-16)13-21-9-10-22(15-19(23)14-21)18-6-11-24-12-7-18/h1-4,18-19,23H,5-15,20H2. The van der Waals surface area contributed by atoms with Crippen LogP contribution in [0.4, 0.5) is 0 Å². The highest BCUT2D eigenvalue weighted by atomic mass is 16.5. The van der Waals surface area contributed by atoms with Gasteiger partial charge in [-0.25, -0.2) is 0 Å². The lowest BCUT2D eigenvalue weighted by molar-refractivity contribution is 0.0217. The summed E-state index contributed by atoms with van der Waals surface area (Å²) in [6, 6.07) is 9.30. The van der Waals surface area contributed by atoms with E-state index >= 15 is 0 Å². The number of hydrogen-bond acceptors (Lipinski definition) is 5. The molecule has 3 rings (SSSR count). The van der Waals surface area contributed by atoms with Gasteiger partial charge in [-0.15, -0.1) is 0 Å². The third-order valence-electron chi connectivity index (χ3n) is 5.19. The van der Waals surface area contributed by atoms with E-state index in [0.717, 1.165) is 65.2 Å². The van der Waals surface area contributed by atoms with Crippen LogP contribution in [0, 0.1) is 0 Å². The number of rotatable bonds is 5. The Balaban J connectivity index is 1.54. The van der Waals surface area contributed by atoms with Gasteiger partial charge in [-0.2, -0.15) is 0 Å². The molecular weight excluding hydrogens is 302 g/mol. The van der Waals surface area contributed by atoms with E-state index in [1.54, 1.807) is 0 Å². The van der Waals surface area contributed by atoms with E-state index in [-0.39, 0.29) is 6.10 Å². The number of nitrogens with zero attached hydrogens (tertiary/aromatic N) is 2. The summed E-state index contributed by atoms with van der Waals surface area (Å²) in [4.78, 5) is 4.85. The Bertz CT molecular complexity index is 488.